The molecule has 0 aliphatic heterocycles. The van der Waals surface area contributed by atoms with Crippen molar-refractivity contribution in [3.63, 3.8) is 0 Å². The lowest BCUT2D eigenvalue weighted by Crippen LogP contribution is -2.25. The van der Waals surface area contributed by atoms with Crippen molar-refractivity contribution in [1.82, 2.24) is 5.32 Å². The highest BCUT2D eigenvalue weighted by Gasteiger charge is 1.99. The van der Waals surface area contributed by atoms with Gasteiger partial charge in [-0.05, 0) is 18.1 Å². The summed E-state index contributed by atoms with van der Waals surface area (Å²) in [5.41, 5.74) is 2.30. The molecule has 0 aliphatic carbocycles. The number of hydrogen-bond acceptors (Lipinski definition) is 1. The monoisotopic (exact) mass is 187 g/mol. The van der Waals surface area contributed by atoms with Crippen molar-refractivity contribution in [2.24, 2.45) is 0 Å². The Balaban J connectivity index is 2.47. The van der Waals surface area contributed by atoms with Gasteiger partial charge in [-0.3, -0.25) is 0 Å². The van der Waals surface area contributed by atoms with Crippen LogP contribution in [0.1, 0.15) is 12.5 Å². The zero-order chi connectivity index (χ0) is 10.4. The van der Waals surface area contributed by atoms with E-state index in [1.165, 1.54) is 5.56 Å². The fourth-order valence-corrected chi connectivity index (χ4v) is 1.14. The fraction of sp³-hybridized carbons (Fsp3) is 0.231. The fourth-order valence-electron chi connectivity index (χ4n) is 1.14. The average molecular weight is 187 g/mol. The smallest absolute Gasteiger partial charge is 0.0222 e. The Hall–Kier alpha value is -1.34. The van der Waals surface area contributed by atoms with Gasteiger partial charge in [0.05, 0.1) is 0 Å². The third-order valence-electron chi connectivity index (χ3n) is 2.17. The quantitative estimate of drug-likeness (QED) is 0.699. The average Bonchev–Trinajstić information content (AvgIpc) is 2.26. The van der Waals surface area contributed by atoms with E-state index in [1.807, 2.05) is 24.3 Å². The second kappa shape index (κ2) is 5.40. The summed E-state index contributed by atoms with van der Waals surface area (Å²) < 4.78 is 0. The number of benzene rings is 1. The lowest BCUT2D eigenvalue weighted by Gasteiger charge is -2.11. The molecule has 0 spiro atoms. The Morgan fingerprint density at radius 3 is 2.64 bits per heavy atom. The first-order valence-electron chi connectivity index (χ1n) is 4.83. The minimum Gasteiger partial charge on any atom is -0.307 e. The molecule has 0 saturated heterocycles. The molecule has 1 heteroatoms. The minimum absolute atomic E-state index is 0.329. The summed E-state index contributed by atoms with van der Waals surface area (Å²) in [4.78, 5) is 0. The molecule has 0 aliphatic rings. The van der Waals surface area contributed by atoms with E-state index in [9.17, 15) is 0 Å². The normalized spacial score (nSPS) is 12.1. The molecule has 1 aromatic carbocycles. The van der Waals surface area contributed by atoms with Gasteiger partial charge >= 0.3 is 0 Å². The van der Waals surface area contributed by atoms with Crippen LogP contribution in [0.3, 0.4) is 0 Å². The van der Waals surface area contributed by atoms with Crippen molar-refractivity contribution in [3.8, 4) is 0 Å². The maximum Gasteiger partial charge on any atom is 0.0222 e. The molecule has 1 unspecified atom stereocenters. The van der Waals surface area contributed by atoms with Crippen molar-refractivity contribution >= 4 is 5.57 Å². The summed E-state index contributed by atoms with van der Waals surface area (Å²) in [6.07, 6.45) is 1.89. The van der Waals surface area contributed by atoms with Crippen LogP contribution in [0.2, 0.25) is 0 Å². The van der Waals surface area contributed by atoms with Gasteiger partial charge in [0.1, 0.15) is 0 Å². The molecule has 0 heterocycles. The predicted molar refractivity (Wildman–Crippen MR) is 63.1 cm³/mol. The predicted octanol–water partition coefficient (Wildman–Crippen LogP) is 2.86. The Bertz CT molecular complexity index is 300. The SMILES string of the molecule is C=CC(C)NCC(=C)c1ccccc1. The Morgan fingerprint density at radius 2 is 2.07 bits per heavy atom. The highest BCUT2D eigenvalue weighted by Crippen LogP contribution is 2.10. The number of nitrogens with one attached hydrogen (secondary N) is 1. The van der Waals surface area contributed by atoms with E-state index in [4.69, 9.17) is 0 Å². The first-order valence-corrected chi connectivity index (χ1v) is 4.83. The van der Waals surface area contributed by atoms with Crippen LogP contribution < -0.4 is 5.32 Å². The molecule has 1 aromatic rings. The zero-order valence-electron chi connectivity index (χ0n) is 8.66. The molecule has 0 fully saturated rings. The molecular weight excluding hydrogens is 170 g/mol. The van der Waals surface area contributed by atoms with Crippen LogP contribution in [0.5, 0.6) is 0 Å². The third kappa shape index (κ3) is 3.19. The highest BCUT2D eigenvalue weighted by molar-refractivity contribution is 5.64. The molecule has 1 rings (SSSR count). The summed E-state index contributed by atoms with van der Waals surface area (Å²) in [5.74, 6) is 0. The van der Waals surface area contributed by atoms with Crippen molar-refractivity contribution in [2.45, 2.75) is 13.0 Å². The molecule has 1 nitrogen and oxygen atoms in total. The van der Waals surface area contributed by atoms with Gasteiger partial charge in [0, 0.05) is 12.6 Å². The van der Waals surface area contributed by atoms with Gasteiger partial charge in [0.15, 0.2) is 0 Å². The van der Waals surface area contributed by atoms with Crippen molar-refractivity contribution in [2.75, 3.05) is 6.54 Å². The summed E-state index contributed by atoms with van der Waals surface area (Å²) in [5, 5.41) is 3.31. The van der Waals surface area contributed by atoms with Gasteiger partial charge in [-0.1, -0.05) is 43.0 Å². The number of hydrogen-bond donors (Lipinski definition) is 1. The minimum atomic E-state index is 0.329. The van der Waals surface area contributed by atoms with Crippen LogP contribution in [-0.2, 0) is 0 Å². The summed E-state index contributed by atoms with van der Waals surface area (Å²) >= 11 is 0. The van der Waals surface area contributed by atoms with Crippen LogP contribution in [0, 0.1) is 0 Å². The summed E-state index contributed by atoms with van der Waals surface area (Å²) in [7, 11) is 0. The van der Waals surface area contributed by atoms with Crippen molar-refractivity contribution in [3.05, 3.63) is 55.1 Å². The molecule has 0 amide bonds. The van der Waals surface area contributed by atoms with Crippen LogP contribution in [0.15, 0.2) is 49.6 Å². The van der Waals surface area contributed by atoms with Gasteiger partial charge in [-0.2, -0.15) is 0 Å². The van der Waals surface area contributed by atoms with E-state index in [2.05, 4.69) is 37.5 Å². The van der Waals surface area contributed by atoms with E-state index in [-0.39, 0.29) is 0 Å². The molecule has 0 radical (unpaired) electrons. The van der Waals surface area contributed by atoms with E-state index in [1.54, 1.807) is 0 Å². The van der Waals surface area contributed by atoms with E-state index in [0.717, 1.165) is 12.1 Å². The second-order valence-electron chi connectivity index (χ2n) is 3.37. The maximum absolute atomic E-state index is 4.03. The Labute approximate surface area is 86.2 Å². The first-order chi connectivity index (χ1) is 6.74. The molecular formula is C13H17N. The summed E-state index contributed by atoms with van der Waals surface area (Å²) in [6, 6.07) is 10.5. The van der Waals surface area contributed by atoms with E-state index < -0.39 is 0 Å². The second-order valence-corrected chi connectivity index (χ2v) is 3.37. The standard InChI is InChI=1S/C13H17N/c1-4-12(3)14-10-11(2)13-8-6-5-7-9-13/h4-9,12,14H,1-2,10H2,3H3. The topological polar surface area (TPSA) is 12.0 Å². The highest BCUT2D eigenvalue weighted by atomic mass is 14.9. The lowest BCUT2D eigenvalue weighted by molar-refractivity contribution is 0.693. The first kappa shape index (κ1) is 10.7. The number of rotatable bonds is 5. The molecule has 0 saturated carbocycles. The Kier molecular flexibility index (Phi) is 4.14. The molecule has 74 valence electrons. The summed E-state index contributed by atoms with van der Waals surface area (Å²) in [6.45, 7) is 10.6. The van der Waals surface area contributed by atoms with Gasteiger partial charge in [-0.15, -0.1) is 6.58 Å². The van der Waals surface area contributed by atoms with Crippen molar-refractivity contribution in [1.29, 1.82) is 0 Å². The van der Waals surface area contributed by atoms with Crippen LogP contribution in [0.25, 0.3) is 5.57 Å². The van der Waals surface area contributed by atoms with E-state index in [0.29, 0.717) is 6.04 Å². The van der Waals surface area contributed by atoms with Gasteiger partial charge in [0.2, 0.25) is 0 Å². The van der Waals surface area contributed by atoms with Gasteiger partial charge in [-0.25, -0.2) is 0 Å². The molecule has 0 bridgehead atoms. The third-order valence-corrected chi connectivity index (χ3v) is 2.17. The van der Waals surface area contributed by atoms with Crippen molar-refractivity contribution < 1.29 is 0 Å². The van der Waals surface area contributed by atoms with E-state index >= 15 is 0 Å². The van der Waals surface area contributed by atoms with Crippen LogP contribution >= 0.6 is 0 Å². The largest absolute Gasteiger partial charge is 0.307 e. The Morgan fingerprint density at radius 1 is 1.43 bits per heavy atom. The zero-order valence-corrected chi connectivity index (χ0v) is 8.66. The van der Waals surface area contributed by atoms with Gasteiger partial charge < -0.3 is 5.32 Å². The molecule has 1 N–H and O–H groups in total. The molecule has 0 aromatic heterocycles. The molecule has 1 atom stereocenters. The van der Waals surface area contributed by atoms with Gasteiger partial charge in [0.25, 0.3) is 0 Å². The van der Waals surface area contributed by atoms with Crippen LogP contribution in [-0.4, -0.2) is 12.6 Å². The maximum atomic E-state index is 4.03. The molecule has 14 heavy (non-hydrogen) atoms. The van der Waals surface area contributed by atoms with Crippen LogP contribution in [0.4, 0.5) is 0 Å². The lowest BCUT2D eigenvalue weighted by atomic mass is 10.1.